The summed E-state index contributed by atoms with van der Waals surface area (Å²) in [6.07, 6.45) is 4.92. The second-order valence-corrected chi connectivity index (χ2v) is 4.88. The van der Waals surface area contributed by atoms with E-state index in [0.717, 1.165) is 38.4 Å². The van der Waals surface area contributed by atoms with Gasteiger partial charge in [0, 0.05) is 38.8 Å². The zero-order chi connectivity index (χ0) is 12.5. The molecule has 3 rings (SSSR count). The molecule has 1 aliphatic rings. The number of aromatic nitrogens is 4. The van der Waals surface area contributed by atoms with E-state index in [-0.39, 0.29) is 0 Å². The Hall–Kier alpha value is -1.62. The van der Waals surface area contributed by atoms with Crippen molar-refractivity contribution in [1.29, 1.82) is 0 Å². The van der Waals surface area contributed by atoms with Gasteiger partial charge in [-0.05, 0) is 13.8 Å². The molecule has 0 aromatic carbocycles. The fraction of sp³-hybridized carbons (Fsp3) is 0.538. The fourth-order valence-electron chi connectivity index (χ4n) is 2.62. The zero-order valence-corrected chi connectivity index (χ0v) is 11.0. The molecule has 1 aliphatic heterocycles. The van der Waals surface area contributed by atoms with Crippen molar-refractivity contribution in [3.8, 4) is 0 Å². The molecule has 2 aromatic heterocycles. The maximum atomic E-state index is 4.52. The van der Waals surface area contributed by atoms with Gasteiger partial charge in [0.15, 0.2) is 0 Å². The molecule has 0 fully saturated rings. The highest BCUT2D eigenvalue weighted by atomic mass is 15.2. The number of rotatable bonds is 3. The van der Waals surface area contributed by atoms with E-state index in [0.29, 0.717) is 0 Å². The Kier molecular flexibility index (Phi) is 2.91. The molecule has 0 aliphatic carbocycles. The molecular formula is C13H19N5. The van der Waals surface area contributed by atoms with Crippen molar-refractivity contribution < 1.29 is 0 Å². The quantitative estimate of drug-likeness (QED) is 0.891. The summed E-state index contributed by atoms with van der Waals surface area (Å²) in [6.45, 7) is 8.16. The van der Waals surface area contributed by atoms with Crippen molar-refractivity contribution >= 4 is 0 Å². The zero-order valence-electron chi connectivity index (χ0n) is 11.0. The van der Waals surface area contributed by atoms with E-state index in [1.54, 1.807) is 0 Å². The van der Waals surface area contributed by atoms with Crippen LogP contribution in [0, 0.1) is 6.92 Å². The van der Waals surface area contributed by atoms with Gasteiger partial charge >= 0.3 is 0 Å². The molecule has 3 heterocycles. The van der Waals surface area contributed by atoms with E-state index < -0.39 is 0 Å². The molecule has 1 N–H and O–H groups in total. The summed E-state index contributed by atoms with van der Waals surface area (Å²) in [7, 11) is 0. The van der Waals surface area contributed by atoms with Crippen LogP contribution in [-0.2, 0) is 26.1 Å². The first kappa shape index (κ1) is 11.5. The number of nitrogens with one attached hydrogen (secondary N) is 1. The number of aromatic amines is 1. The Bertz CT molecular complexity index is 539. The third-order valence-corrected chi connectivity index (χ3v) is 3.55. The highest BCUT2D eigenvalue weighted by Gasteiger charge is 2.20. The lowest BCUT2D eigenvalue weighted by Crippen LogP contribution is -2.30. The lowest BCUT2D eigenvalue weighted by Gasteiger charge is -2.26. The number of imidazole rings is 2. The van der Waals surface area contributed by atoms with Crippen LogP contribution in [0.3, 0.4) is 0 Å². The first-order valence-corrected chi connectivity index (χ1v) is 6.52. The summed E-state index contributed by atoms with van der Waals surface area (Å²) in [4.78, 5) is 14.5. The molecule has 0 atom stereocenters. The molecule has 18 heavy (non-hydrogen) atoms. The Morgan fingerprint density at radius 2 is 2.33 bits per heavy atom. The van der Waals surface area contributed by atoms with Crippen LogP contribution in [0.15, 0.2) is 12.5 Å². The Labute approximate surface area is 107 Å². The summed E-state index contributed by atoms with van der Waals surface area (Å²) in [5, 5.41) is 0. The minimum Gasteiger partial charge on any atom is -0.345 e. The van der Waals surface area contributed by atoms with E-state index >= 15 is 0 Å². The van der Waals surface area contributed by atoms with Crippen LogP contribution in [0.4, 0.5) is 0 Å². The van der Waals surface area contributed by atoms with Gasteiger partial charge in [-0.15, -0.1) is 0 Å². The molecule has 0 spiro atoms. The van der Waals surface area contributed by atoms with Gasteiger partial charge in [-0.2, -0.15) is 0 Å². The number of fused-ring (bicyclic) bond motifs is 1. The van der Waals surface area contributed by atoms with Gasteiger partial charge in [0.1, 0.15) is 5.82 Å². The van der Waals surface area contributed by atoms with Crippen molar-refractivity contribution in [2.24, 2.45) is 0 Å². The summed E-state index contributed by atoms with van der Waals surface area (Å²) < 4.78 is 2.20. The Morgan fingerprint density at radius 3 is 3.17 bits per heavy atom. The average molecular weight is 245 g/mol. The Morgan fingerprint density at radius 1 is 1.44 bits per heavy atom. The largest absolute Gasteiger partial charge is 0.345 e. The van der Waals surface area contributed by atoms with Crippen molar-refractivity contribution in [2.45, 2.75) is 39.9 Å². The monoisotopic (exact) mass is 245 g/mol. The SMILES string of the molecule is CCn1cncc1CN1CCc2nc(C)[nH]c2C1. The van der Waals surface area contributed by atoms with E-state index in [4.69, 9.17) is 0 Å². The molecule has 0 saturated heterocycles. The first-order chi connectivity index (χ1) is 8.76. The van der Waals surface area contributed by atoms with Crippen LogP contribution in [0.5, 0.6) is 0 Å². The van der Waals surface area contributed by atoms with Gasteiger partial charge in [0.25, 0.3) is 0 Å². The number of nitrogens with zero attached hydrogens (tertiary/aromatic N) is 4. The molecule has 0 radical (unpaired) electrons. The van der Waals surface area contributed by atoms with Gasteiger partial charge in [0.05, 0.1) is 23.4 Å². The maximum absolute atomic E-state index is 4.52. The van der Waals surface area contributed by atoms with E-state index in [2.05, 4.69) is 31.3 Å². The van der Waals surface area contributed by atoms with Gasteiger partial charge in [-0.25, -0.2) is 9.97 Å². The van der Waals surface area contributed by atoms with Crippen molar-refractivity contribution in [2.75, 3.05) is 6.54 Å². The summed E-state index contributed by atoms with van der Waals surface area (Å²) >= 11 is 0. The molecule has 5 nitrogen and oxygen atoms in total. The molecule has 0 bridgehead atoms. The first-order valence-electron chi connectivity index (χ1n) is 6.52. The summed E-state index contributed by atoms with van der Waals surface area (Å²) in [5.74, 6) is 1.03. The third kappa shape index (κ3) is 2.06. The van der Waals surface area contributed by atoms with Gasteiger partial charge in [-0.3, -0.25) is 4.90 Å². The summed E-state index contributed by atoms with van der Waals surface area (Å²) in [5.41, 5.74) is 3.81. The third-order valence-electron chi connectivity index (χ3n) is 3.55. The van der Waals surface area contributed by atoms with Gasteiger partial charge < -0.3 is 9.55 Å². The van der Waals surface area contributed by atoms with Gasteiger partial charge in [-0.1, -0.05) is 0 Å². The van der Waals surface area contributed by atoms with Crippen molar-refractivity contribution in [3.63, 3.8) is 0 Å². The lowest BCUT2D eigenvalue weighted by molar-refractivity contribution is 0.235. The number of H-pyrrole nitrogens is 1. The highest BCUT2D eigenvalue weighted by molar-refractivity contribution is 5.17. The van der Waals surface area contributed by atoms with Gasteiger partial charge in [0.2, 0.25) is 0 Å². The molecule has 0 amide bonds. The predicted octanol–water partition coefficient (Wildman–Crippen LogP) is 1.49. The Balaban J connectivity index is 1.73. The van der Waals surface area contributed by atoms with Crippen LogP contribution < -0.4 is 0 Å². The molecule has 0 unspecified atom stereocenters. The minimum atomic E-state index is 0.963. The second-order valence-electron chi connectivity index (χ2n) is 4.88. The minimum absolute atomic E-state index is 0.963. The van der Waals surface area contributed by atoms with E-state index in [9.17, 15) is 0 Å². The number of hydrogen-bond donors (Lipinski definition) is 1. The maximum Gasteiger partial charge on any atom is 0.103 e. The molecular weight excluding hydrogens is 226 g/mol. The molecule has 2 aromatic rings. The predicted molar refractivity (Wildman–Crippen MR) is 69.0 cm³/mol. The smallest absolute Gasteiger partial charge is 0.103 e. The van der Waals surface area contributed by atoms with E-state index in [1.165, 1.54) is 17.1 Å². The topological polar surface area (TPSA) is 49.7 Å². The van der Waals surface area contributed by atoms with Crippen LogP contribution in [-0.4, -0.2) is 31.0 Å². The average Bonchev–Trinajstić information content (AvgIpc) is 2.93. The molecule has 5 heteroatoms. The number of hydrogen-bond acceptors (Lipinski definition) is 3. The normalized spacial score (nSPS) is 15.9. The van der Waals surface area contributed by atoms with E-state index in [1.807, 2.05) is 19.4 Å². The number of aryl methyl sites for hydroxylation is 2. The highest BCUT2D eigenvalue weighted by Crippen LogP contribution is 2.18. The fourth-order valence-corrected chi connectivity index (χ4v) is 2.62. The molecule has 0 saturated carbocycles. The molecule has 96 valence electrons. The van der Waals surface area contributed by atoms with Crippen LogP contribution >= 0.6 is 0 Å². The van der Waals surface area contributed by atoms with Crippen molar-refractivity contribution in [3.05, 3.63) is 35.4 Å². The second kappa shape index (κ2) is 4.57. The standard InChI is InChI=1S/C13H19N5/c1-3-18-9-14-6-11(18)7-17-5-4-12-13(8-17)16-10(2)15-12/h6,9H,3-5,7-8H2,1-2H3,(H,15,16). The summed E-state index contributed by atoms with van der Waals surface area (Å²) in [6, 6.07) is 0. The van der Waals surface area contributed by atoms with Crippen molar-refractivity contribution in [1.82, 2.24) is 24.4 Å². The van der Waals surface area contributed by atoms with Crippen LogP contribution in [0.25, 0.3) is 0 Å². The lowest BCUT2D eigenvalue weighted by atomic mass is 10.1. The van der Waals surface area contributed by atoms with Crippen LogP contribution in [0.1, 0.15) is 29.8 Å². The van der Waals surface area contributed by atoms with Crippen LogP contribution in [0.2, 0.25) is 0 Å².